The van der Waals surface area contributed by atoms with Crippen LogP contribution in [-0.4, -0.2) is 48.7 Å². The van der Waals surface area contributed by atoms with Crippen molar-refractivity contribution in [3.05, 3.63) is 47.7 Å². The molecular formula is C25H31F2N7O2. The van der Waals surface area contributed by atoms with Crippen LogP contribution in [-0.2, 0) is 17.8 Å². The minimum atomic E-state index is -2.67. The summed E-state index contributed by atoms with van der Waals surface area (Å²) in [6, 6.07) is 4.81. The molecule has 4 heterocycles. The molecule has 0 bridgehead atoms. The number of carbonyl (C=O) groups is 2. The van der Waals surface area contributed by atoms with E-state index in [9.17, 15) is 18.4 Å². The fourth-order valence-electron chi connectivity index (χ4n) is 5.30. The Hall–Kier alpha value is -3.37. The van der Waals surface area contributed by atoms with Crippen LogP contribution in [0.4, 0.5) is 8.78 Å². The summed E-state index contributed by atoms with van der Waals surface area (Å²) in [4.78, 5) is 30.0. The Labute approximate surface area is 207 Å². The van der Waals surface area contributed by atoms with Crippen molar-refractivity contribution in [1.82, 2.24) is 35.0 Å². The predicted molar refractivity (Wildman–Crippen MR) is 127 cm³/mol. The lowest BCUT2D eigenvalue weighted by Gasteiger charge is -2.33. The van der Waals surface area contributed by atoms with Gasteiger partial charge < -0.3 is 10.6 Å². The van der Waals surface area contributed by atoms with E-state index in [1.165, 1.54) is 0 Å². The van der Waals surface area contributed by atoms with Gasteiger partial charge in [-0.15, -0.1) is 0 Å². The molecule has 2 N–H and O–H groups in total. The predicted octanol–water partition coefficient (Wildman–Crippen LogP) is 3.31. The molecule has 2 fully saturated rings. The zero-order valence-corrected chi connectivity index (χ0v) is 20.3. The molecule has 11 heteroatoms. The summed E-state index contributed by atoms with van der Waals surface area (Å²) in [5.74, 6) is -3.22. The highest BCUT2D eigenvalue weighted by molar-refractivity contribution is 5.92. The molecule has 192 valence electrons. The molecule has 5 rings (SSSR count). The molecule has 2 amide bonds. The first-order chi connectivity index (χ1) is 17.3. The summed E-state index contributed by atoms with van der Waals surface area (Å²) < 4.78 is 31.1. The van der Waals surface area contributed by atoms with Gasteiger partial charge in [-0.1, -0.05) is 0 Å². The van der Waals surface area contributed by atoms with Crippen LogP contribution in [0.2, 0.25) is 0 Å². The van der Waals surface area contributed by atoms with E-state index in [4.69, 9.17) is 4.98 Å². The zero-order valence-electron chi connectivity index (χ0n) is 20.3. The number of rotatable bonds is 7. The van der Waals surface area contributed by atoms with Crippen molar-refractivity contribution in [1.29, 1.82) is 0 Å². The Kier molecular flexibility index (Phi) is 6.72. The molecule has 1 aliphatic heterocycles. The van der Waals surface area contributed by atoms with Crippen LogP contribution in [0.1, 0.15) is 73.4 Å². The zero-order chi connectivity index (χ0) is 25.3. The lowest BCUT2D eigenvalue weighted by molar-refractivity contribution is -0.126. The van der Waals surface area contributed by atoms with Gasteiger partial charge in [0.25, 0.3) is 5.91 Å². The molecule has 0 spiro atoms. The summed E-state index contributed by atoms with van der Waals surface area (Å²) in [6.45, 7) is 3.15. The van der Waals surface area contributed by atoms with Crippen LogP contribution in [0, 0.1) is 11.8 Å². The number of carbonyl (C=O) groups excluding carboxylic acids is 2. The number of alkyl halides is 2. The summed E-state index contributed by atoms with van der Waals surface area (Å²) >= 11 is 0. The monoisotopic (exact) mass is 499 g/mol. The molecule has 3 aromatic heterocycles. The highest BCUT2D eigenvalue weighted by atomic mass is 19.3. The van der Waals surface area contributed by atoms with Crippen LogP contribution >= 0.6 is 0 Å². The number of piperidine rings is 1. The van der Waals surface area contributed by atoms with Crippen LogP contribution in [0.15, 0.2) is 30.6 Å². The maximum Gasteiger partial charge on any atom is 0.270 e. The van der Waals surface area contributed by atoms with Crippen LogP contribution in [0.5, 0.6) is 0 Å². The van der Waals surface area contributed by atoms with Gasteiger partial charge in [0.2, 0.25) is 11.8 Å². The second-order valence-corrected chi connectivity index (χ2v) is 9.80. The van der Waals surface area contributed by atoms with Crippen molar-refractivity contribution in [3.8, 4) is 0 Å². The average molecular weight is 500 g/mol. The molecule has 1 saturated heterocycles. The Morgan fingerprint density at radius 2 is 2.06 bits per heavy atom. The lowest BCUT2D eigenvalue weighted by atomic mass is 9.81. The van der Waals surface area contributed by atoms with E-state index >= 15 is 0 Å². The summed E-state index contributed by atoms with van der Waals surface area (Å²) in [5.41, 5.74) is 2.37. The number of nitrogens with zero attached hydrogens (tertiary/aromatic N) is 5. The Bertz CT molecular complexity index is 1240. The molecular weight excluding hydrogens is 468 g/mol. The van der Waals surface area contributed by atoms with Crippen molar-refractivity contribution < 1.29 is 18.4 Å². The first kappa shape index (κ1) is 24.3. The maximum absolute atomic E-state index is 13.9. The third-order valence-electron chi connectivity index (χ3n) is 7.34. The SMILES string of the molecule is CCn1nccc1C(=O)N[C@H](c1cn2nc(CC3CCCNC3=O)ccc2n1)C1CCC(F)(F)CC1. The number of amides is 2. The van der Waals surface area contributed by atoms with E-state index in [0.717, 1.165) is 18.5 Å². The van der Waals surface area contributed by atoms with Crippen molar-refractivity contribution in [2.75, 3.05) is 6.54 Å². The van der Waals surface area contributed by atoms with Crippen molar-refractivity contribution >= 4 is 17.5 Å². The van der Waals surface area contributed by atoms with Gasteiger partial charge in [0, 0.05) is 44.5 Å². The fourth-order valence-corrected chi connectivity index (χ4v) is 5.30. The van der Waals surface area contributed by atoms with E-state index in [1.807, 2.05) is 19.1 Å². The fraction of sp³-hybridized carbons (Fsp3) is 0.560. The third kappa shape index (κ3) is 5.10. The molecule has 1 saturated carbocycles. The Morgan fingerprint density at radius 1 is 1.25 bits per heavy atom. The first-order valence-corrected chi connectivity index (χ1v) is 12.7. The van der Waals surface area contributed by atoms with E-state index in [1.54, 1.807) is 27.7 Å². The molecule has 2 aliphatic rings. The topological polar surface area (TPSA) is 106 Å². The number of imidazole rings is 1. The number of aryl methyl sites for hydroxylation is 1. The Balaban J connectivity index is 1.41. The molecule has 1 aliphatic carbocycles. The first-order valence-electron chi connectivity index (χ1n) is 12.7. The number of fused-ring (bicyclic) bond motifs is 1. The molecule has 2 atom stereocenters. The molecule has 1 unspecified atom stereocenters. The molecule has 0 radical (unpaired) electrons. The molecule has 3 aromatic rings. The molecule has 0 aromatic carbocycles. The van der Waals surface area contributed by atoms with Gasteiger partial charge in [-0.05, 0) is 56.7 Å². The van der Waals surface area contributed by atoms with Crippen molar-refractivity contribution in [2.24, 2.45) is 11.8 Å². The third-order valence-corrected chi connectivity index (χ3v) is 7.34. The molecule has 36 heavy (non-hydrogen) atoms. The van der Waals surface area contributed by atoms with Gasteiger partial charge in [-0.25, -0.2) is 18.3 Å². The van der Waals surface area contributed by atoms with E-state index in [0.29, 0.717) is 36.5 Å². The van der Waals surface area contributed by atoms with E-state index in [-0.39, 0.29) is 49.3 Å². The number of hydrogen-bond donors (Lipinski definition) is 2. The van der Waals surface area contributed by atoms with Gasteiger partial charge in [-0.2, -0.15) is 10.2 Å². The lowest BCUT2D eigenvalue weighted by Crippen LogP contribution is -2.38. The summed E-state index contributed by atoms with van der Waals surface area (Å²) in [5, 5.41) is 14.8. The quantitative estimate of drug-likeness (QED) is 0.519. The normalized spacial score (nSPS) is 21.3. The van der Waals surface area contributed by atoms with Gasteiger partial charge in [0.1, 0.15) is 5.69 Å². The number of aromatic nitrogens is 5. The Morgan fingerprint density at radius 3 is 2.81 bits per heavy atom. The second-order valence-electron chi connectivity index (χ2n) is 9.80. The summed E-state index contributed by atoms with van der Waals surface area (Å²) in [6.07, 6.45) is 5.79. The van der Waals surface area contributed by atoms with Crippen molar-refractivity contribution in [3.63, 3.8) is 0 Å². The van der Waals surface area contributed by atoms with Gasteiger partial charge in [0.05, 0.1) is 23.6 Å². The minimum Gasteiger partial charge on any atom is -0.356 e. The van der Waals surface area contributed by atoms with E-state index < -0.39 is 12.0 Å². The van der Waals surface area contributed by atoms with Crippen molar-refractivity contribution in [2.45, 2.75) is 70.4 Å². The second kappa shape index (κ2) is 9.94. The highest BCUT2D eigenvalue weighted by Gasteiger charge is 2.39. The van der Waals surface area contributed by atoms with Gasteiger partial charge >= 0.3 is 0 Å². The maximum atomic E-state index is 13.9. The smallest absolute Gasteiger partial charge is 0.270 e. The largest absolute Gasteiger partial charge is 0.356 e. The number of nitrogens with one attached hydrogen (secondary N) is 2. The standard InChI is InChI=1S/C25H31F2N7O2/c1-2-33-20(9-13-29-33)24(36)31-22(16-7-10-25(26,27)11-8-16)19-15-34-21(30-19)6-5-18(32-34)14-17-4-3-12-28-23(17)35/h5-6,9,13,15-17,22H,2-4,7-8,10-12,14H2,1H3,(H,28,35)(H,31,36)/t17?,22-/m0/s1. The van der Waals surface area contributed by atoms with Gasteiger partial charge in [-0.3, -0.25) is 14.3 Å². The van der Waals surface area contributed by atoms with Crippen LogP contribution in [0.3, 0.4) is 0 Å². The highest BCUT2D eigenvalue weighted by Crippen LogP contribution is 2.41. The number of hydrogen-bond acceptors (Lipinski definition) is 5. The van der Waals surface area contributed by atoms with Crippen LogP contribution in [0.25, 0.3) is 5.65 Å². The van der Waals surface area contributed by atoms with Gasteiger partial charge in [0.15, 0.2) is 5.65 Å². The minimum absolute atomic E-state index is 0.0534. The average Bonchev–Trinajstić information content (AvgIpc) is 3.51. The van der Waals surface area contributed by atoms with Crippen LogP contribution < -0.4 is 10.6 Å². The molecule has 9 nitrogen and oxygen atoms in total. The summed E-state index contributed by atoms with van der Waals surface area (Å²) in [7, 11) is 0. The van der Waals surface area contributed by atoms with E-state index in [2.05, 4.69) is 20.8 Å². The number of halogens is 2.